The number of furan rings is 2. The van der Waals surface area contributed by atoms with E-state index in [1.54, 1.807) is 22.7 Å². The molecule has 0 aliphatic rings. The summed E-state index contributed by atoms with van der Waals surface area (Å²) in [6.45, 7) is 0. The SMILES string of the molecule is c1ccc2c(-c3nc(-c4ccc(-c5nc6c7ccccc7oc6c6ccccc56)cc4)nc(-c4cccc5c4sc4ccccc45)n3)cccc2c1.c1ccc2cc(-c3nc(-c4ccc(-c5nc6c7ccccc7oc6c6ccccc56)cc4)nc(-c4cccc5c4sc4ccccc45)n3)ccc2c1. The second kappa shape index (κ2) is 24.1. The minimum atomic E-state index is 0.617. The van der Waals surface area contributed by atoms with Crippen molar-refractivity contribution in [3.8, 4) is 90.8 Å². The molecule has 10 nitrogen and oxygen atoms in total. The van der Waals surface area contributed by atoms with Crippen molar-refractivity contribution in [2.24, 2.45) is 0 Å². The third kappa shape index (κ3) is 9.90. The fraction of sp³-hybridized carbons (Fsp3) is 0. The van der Waals surface area contributed by atoms with E-state index in [2.05, 4.69) is 261 Å². The first-order valence-electron chi connectivity index (χ1n) is 34.4. The maximum Gasteiger partial charge on any atom is 0.165 e. The van der Waals surface area contributed by atoms with Gasteiger partial charge in [0.05, 0.1) is 11.4 Å². The first kappa shape index (κ1) is 59.4. The van der Waals surface area contributed by atoms with E-state index in [9.17, 15) is 0 Å². The van der Waals surface area contributed by atoms with E-state index in [-0.39, 0.29) is 0 Å². The Kier molecular flexibility index (Phi) is 13.8. The second-order valence-corrected chi connectivity index (χ2v) is 28.1. The minimum Gasteiger partial charge on any atom is -0.454 e. The predicted molar refractivity (Wildman–Crippen MR) is 429 cm³/mol. The molecule has 0 N–H and O–H groups in total. The van der Waals surface area contributed by atoms with Crippen LogP contribution in [0.3, 0.4) is 0 Å². The average Bonchev–Trinajstić information content (AvgIpc) is 1.57. The van der Waals surface area contributed by atoms with Crippen molar-refractivity contribution in [1.29, 1.82) is 0 Å². The number of para-hydroxylation sites is 2. The first-order chi connectivity index (χ1) is 51.5. The van der Waals surface area contributed by atoms with Crippen LogP contribution < -0.4 is 0 Å². The van der Waals surface area contributed by atoms with Crippen molar-refractivity contribution in [3.05, 3.63) is 315 Å². The third-order valence-electron chi connectivity index (χ3n) is 19.9. The van der Waals surface area contributed by atoms with Gasteiger partial charge in [-0.05, 0) is 76.1 Å². The van der Waals surface area contributed by atoms with E-state index in [1.807, 2.05) is 54.6 Å². The van der Waals surface area contributed by atoms with Crippen LogP contribution in [-0.4, -0.2) is 39.9 Å². The van der Waals surface area contributed by atoms with Crippen molar-refractivity contribution in [1.82, 2.24) is 39.9 Å². The summed E-state index contributed by atoms with van der Waals surface area (Å²) in [5, 5.41) is 15.6. The molecule has 22 rings (SSSR count). The lowest BCUT2D eigenvalue weighted by Gasteiger charge is -2.11. The summed E-state index contributed by atoms with van der Waals surface area (Å²) >= 11 is 3.55. The summed E-state index contributed by atoms with van der Waals surface area (Å²) in [6, 6.07) is 109. The van der Waals surface area contributed by atoms with Gasteiger partial charge in [0.25, 0.3) is 0 Å². The summed E-state index contributed by atoms with van der Waals surface area (Å²) in [5.41, 5.74) is 14.6. The monoisotopic (exact) mass is 1360 g/mol. The Labute approximate surface area is 601 Å². The predicted octanol–water partition coefficient (Wildman–Crippen LogP) is 25.0. The van der Waals surface area contributed by atoms with E-state index in [0.29, 0.717) is 34.9 Å². The lowest BCUT2D eigenvalue weighted by atomic mass is 10.0. The van der Waals surface area contributed by atoms with E-state index >= 15 is 0 Å². The number of thiophene rings is 2. The Morgan fingerprint density at radius 1 is 0.212 bits per heavy atom. The van der Waals surface area contributed by atoms with Gasteiger partial charge in [-0.15, -0.1) is 22.7 Å². The molecule has 0 radical (unpaired) electrons. The second-order valence-electron chi connectivity index (χ2n) is 26.0. The van der Waals surface area contributed by atoms with Crippen molar-refractivity contribution < 1.29 is 8.83 Å². The zero-order valence-corrected chi connectivity index (χ0v) is 56.9. The van der Waals surface area contributed by atoms with Gasteiger partial charge in [0.15, 0.2) is 46.1 Å². The summed E-state index contributed by atoms with van der Waals surface area (Å²) in [5.74, 6) is 3.82. The first-order valence-corrected chi connectivity index (χ1v) is 36.1. The third-order valence-corrected chi connectivity index (χ3v) is 22.3. The molecule has 12 heteroatoms. The molecule has 0 aliphatic carbocycles. The Hall–Kier alpha value is -13.5. The van der Waals surface area contributed by atoms with Gasteiger partial charge in [-0.25, -0.2) is 39.9 Å². The molecule has 484 valence electrons. The van der Waals surface area contributed by atoms with Crippen LogP contribution in [0.25, 0.3) is 218 Å². The number of hydrogen-bond donors (Lipinski definition) is 0. The molecule has 0 amide bonds. The molecule has 14 aromatic carbocycles. The molecule has 0 unspecified atom stereocenters. The highest BCUT2D eigenvalue weighted by molar-refractivity contribution is 7.26. The van der Waals surface area contributed by atoms with Crippen LogP contribution >= 0.6 is 22.7 Å². The van der Waals surface area contributed by atoms with Crippen molar-refractivity contribution in [3.63, 3.8) is 0 Å². The van der Waals surface area contributed by atoms with Gasteiger partial charge < -0.3 is 8.83 Å². The number of pyridine rings is 2. The van der Waals surface area contributed by atoms with Crippen LogP contribution in [-0.2, 0) is 0 Å². The molecular formula is C92H52N8O2S2. The Balaban J connectivity index is 0.000000134. The lowest BCUT2D eigenvalue weighted by Crippen LogP contribution is -2.00. The molecule has 0 spiro atoms. The summed E-state index contributed by atoms with van der Waals surface area (Å²) in [6.07, 6.45) is 0. The standard InChI is InChI=1S/2C46H26N4OS/c1-2-13-30-27(11-1)12-9-19-35(30)45-48-44(49-46(50-45)37-20-10-18-34-31-14-6-8-22-39(31)52-43(34)37)29-25-23-28(24-26-29)40-32-15-3-4-16-33(32)42-41(47-40)36-17-5-7-21-38(36)51-42;1-2-11-30-26-31(25-20-27(30)10-1)45-48-44(49-46(50-45)37-17-9-16-35-32-12-6-8-19-39(32)52-43(35)37)29-23-21-28(22-24-29)40-33-13-3-4-14-34(33)42-41(47-40)36-15-5-7-18-38(36)51-42/h2*1-26H. The van der Waals surface area contributed by atoms with Crippen LogP contribution in [0.4, 0.5) is 0 Å². The highest BCUT2D eigenvalue weighted by atomic mass is 32.1. The van der Waals surface area contributed by atoms with Crippen LogP contribution in [0.5, 0.6) is 0 Å². The molecule has 22 aromatic rings. The number of aromatic nitrogens is 8. The zero-order valence-electron chi connectivity index (χ0n) is 55.2. The van der Waals surface area contributed by atoms with Crippen molar-refractivity contribution in [2.45, 2.75) is 0 Å². The number of nitrogens with zero attached hydrogens (tertiary/aromatic N) is 8. The molecule has 8 aromatic heterocycles. The molecule has 8 heterocycles. The smallest absolute Gasteiger partial charge is 0.165 e. The normalized spacial score (nSPS) is 11.8. The topological polar surface area (TPSA) is 129 Å². The average molecular weight is 1370 g/mol. The molecular weight excluding hydrogens is 1310 g/mol. The van der Waals surface area contributed by atoms with Gasteiger partial charge in [-0.1, -0.05) is 261 Å². The summed E-state index contributed by atoms with van der Waals surface area (Å²) < 4.78 is 17.4. The molecule has 104 heavy (non-hydrogen) atoms. The number of benzene rings is 14. The molecule has 0 fully saturated rings. The maximum absolute atomic E-state index is 6.32. The van der Waals surface area contributed by atoms with E-state index in [4.69, 9.17) is 48.7 Å². The summed E-state index contributed by atoms with van der Waals surface area (Å²) in [7, 11) is 0. The van der Waals surface area contributed by atoms with E-state index in [0.717, 1.165) is 138 Å². The van der Waals surface area contributed by atoms with Crippen molar-refractivity contribution >= 4 is 150 Å². The Morgan fingerprint density at radius 3 is 1.09 bits per heavy atom. The van der Waals surface area contributed by atoms with Gasteiger partial charge in [0.2, 0.25) is 0 Å². The molecule has 0 saturated carbocycles. The fourth-order valence-electron chi connectivity index (χ4n) is 14.9. The van der Waals surface area contributed by atoms with Crippen LogP contribution in [0.2, 0.25) is 0 Å². The maximum atomic E-state index is 6.32. The van der Waals surface area contributed by atoms with Gasteiger partial charge >= 0.3 is 0 Å². The Morgan fingerprint density at radius 2 is 0.558 bits per heavy atom. The van der Waals surface area contributed by atoms with Crippen molar-refractivity contribution in [2.75, 3.05) is 0 Å². The van der Waals surface area contributed by atoms with Gasteiger partial charge in [-0.2, -0.15) is 0 Å². The lowest BCUT2D eigenvalue weighted by molar-refractivity contribution is 0.671. The minimum absolute atomic E-state index is 0.617. The number of fused-ring (bicyclic) bond motifs is 18. The van der Waals surface area contributed by atoms with Crippen LogP contribution in [0.15, 0.2) is 324 Å². The van der Waals surface area contributed by atoms with Crippen LogP contribution in [0, 0.1) is 0 Å². The summed E-state index contributed by atoms with van der Waals surface area (Å²) in [4.78, 5) is 41.3. The van der Waals surface area contributed by atoms with E-state index in [1.165, 1.54) is 45.7 Å². The van der Waals surface area contributed by atoms with Gasteiger partial charge in [0, 0.05) is 117 Å². The zero-order chi connectivity index (χ0) is 68.3. The molecule has 0 aliphatic heterocycles. The van der Waals surface area contributed by atoms with E-state index < -0.39 is 0 Å². The molecule has 0 atom stereocenters. The molecule has 0 saturated heterocycles. The number of hydrogen-bond acceptors (Lipinski definition) is 12. The van der Waals surface area contributed by atoms with Crippen LogP contribution in [0.1, 0.15) is 0 Å². The molecule has 0 bridgehead atoms. The number of rotatable bonds is 8. The Bertz CT molecular complexity index is 7250. The van der Waals surface area contributed by atoms with Gasteiger partial charge in [0.1, 0.15) is 22.2 Å². The largest absolute Gasteiger partial charge is 0.454 e. The quantitative estimate of drug-likeness (QED) is 0.145. The highest BCUT2D eigenvalue weighted by Gasteiger charge is 2.23. The fourth-order valence-corrected chi connectivity index (χ4v) is 17.3. The van der Waals surface area contributed by atoms with Gasteiger partial charge in [-0.3, -0.25) is 0 Å². The highest BCUT2D eigenvalue weighted by Crippen LogP contribution is 2.45.